The molecule has 1 fully saturated rings. The van der Waals surface area contributed by atoms with Crippen LogP contribution in [0.5, 0.6) is 0 Å². The number of hydrogen-bond acceptors (Lipinski definition) is 11. The van der Waals surface area contributed by atoms with E-state index in [0.717, 1.165) is 7.11 Å². The molecule has 14 heteroatoms. The molecule has 2 rings (SSSR count). The molecular weight excluding hydrogens is 433 g/mol. The van der Waals surface area contributed by atoms with Crippen molar-refractivity contribution in [2.45, 2.75) is 38.6 Å². The predicted molar refractivity (Wildman–Crippen MR) is 109 cm³/mol. The number of amides is 1. The quantitative estimate of drug-likeness (QED) is 0.304. The second-order valence-corrected chi connectivity index (χ2v) is 9.26. The van der Waals surface area contributed by atoms with Gasteiger partial charge in [0, 0.05) is 6.20 Å². The molecule has 0 aliphatic carbocycles. The topological polar surface area (TPSA) is 187 Å². The monoisotopic (exact) mass is 461 g/mol. The van der Waals surface area contributed by atoms with Crippen molar-refractivity contribution < 1.29 is 32.7 Å². The van der Waals surface area contributed by atoms with Gasteiger partial charge in [-0.3, -0.25) is 13.9 Å². The zero-order chi connectivity index (χ0) is 23.2. The van der Waals surface area contributed by atoms with E-state index in [9.17, 15) is 18.9 Å². The molecule has 4 atom stereocenters. The number of carbonyl (C=O) groups excluding carboxylic acids is 2. The number of nitrogens with zero attached hydrogens (tertiary/aromatic N) is 2. The van der Waals surface area contributed by atoms with Crippen molar-refractivity contribution in [2.75, 3.05) is 32.4 Å². The van der Waals surface area contributed by atoms with Crippen LogP contribution in [0.4, 0.5) is 5.82 Å². The minimum atomic E-state index is -3.70. The Morgan fingerprint density at radius 1 is 1.45 bits per heavy atom. The van der Waals surface area contributed by atoms with E-state index in [-0.39, 0.29) is 24.9 Å². The van der Waals surface area contributed by atoms with Crippen LogP contribution in [0.15, 0.2) is 17.1 Å². The third kappa shape index (κ3) is 7.11. The van der Waals surface area contributed by atoms with Gasteiger partial charge >= 0.3 is 19.3 Å². The maximum atomic E-state index is 12.7. The van der Waals surface area contributed by atoms with E-state index in [1.165, 1.54) is 16.8 Å². The zero-order valence-corrected chi connectivity index (χ0v) is 18.4. The summed E-state index contributed by atoms with van der Waals surface area (Å²) >= 11 is 0. The van der Waals surface area contributed by atoms with Crippen molar-refractivity contribution in [1.82, 2.24) is 14.9 Å². The first-order valence-corrected chi connectivity index (χ1v) is 11.2. The molecule has 3 unspecified atom stereocenters. The van der Waals surface area contributed by atoms with Crippen LogP contribution in [-0.2, 0) is 39.2 Å². The molecule has 1 amide bonds. The molecule has 0 spiro atoms. The summed E-state index contributed by atoms with van der Waals surface area (Å²) in [7, 11) is -2.56. The lowest BCUT2D eigenvalue weighted by atomic mass is 10.0. The zero-order valence-electron chi connectivity index (χ0n) is 17.6. The van der Waals surface area contributed by atoms with E-state index >= 15 is 0 Å². The first-order valence-electron chi connectivity index (χ1n) is 9.51. The highest BCUT2D eigenvalue weighted by atomic mass is 31.2. The Labute approximate surface area is 178 Å². The maximum absolute atomic E-state index is 12.7. The fourth-order valence-corrected chi connectivity index (χ4v) is 3.92. The summed E-state index contributed by atoms with van der Waals surface area (Å²) in [5, 5.41) is 2.42. The third-order valence-electron chi connectivity index (χ3n) is 4.48. The molecule has 1 aromatic heterocycles. The summed E-state index contributed by atoms with van der Waals surface area (Å²) in [5.41, 5.74) is 10.7. The van der Waals surface area contributed by atoms with E-state index < -0.39 is 56.3 Å². The van der Waals surface area contributed by atoms with Crippen LogP contribution >= 0.6 is 7.60 Å². The number of nitrogens with two attached hydrogens (primary N) is 2. The number of aromatic nitrogens is 2. The molecule has 0 radical (unpaired) electrons. The van der Waals surface area contributed by atoms with Crippen LogP contribution < -0.4 is 22.5 Å². The van der Waals surface area contributed by atoms with Crippen LogP contribution in [0.2, 0.25) is 0 Å². The SMILES string of the molecule is COC(=O)C(COP1(=O)CO[C@H](Cn2ccc(N)nc2=O)CO1)NC(=O)C(N)C(C)C. The number of esters is 1. The molecule has 1 aliphatic rings. The van der Waals surface area contributed by atoms with Crippen LogP contribution in [0.1, 0.15) is 13.8 Å². The Bertz CT molecular complexity index is 880. The highest BCUT2D eigenvalue weighted by Gasteiger charge is 2.36. The van der Waals surface area contributed by atoms with Gasteiger partial charge in [-0.1, -0.05) is 13.8 Å². The van der Waals surface area contributed by atoms with Crippen molar-refractivity contribution in [1.29, 1.82) is 0 Å². The summed E-state index contributed by atoms with van der Waals surface area (Å²) in [6, 6.07) is -0.607. The first-order chi connectivity index (χ1) is 14.5. The lowest BCUT2D eigenvalue weighted by molar-refractivity contribution is -0.146. The van der Waals surface area contributed by atoms with Crippen molar-refractivity contribution in [3.8, 4) is 0 Å². The van der Waals surface area contributed by atoms with Gasteiger partial charge in [-0.2, -0.15) is 4.98 Å². The fraction of sp³-hybridized carbons (Fsp3) is 0.647. The molecule has 1 aliphatic heterocycles. The van der Waals surface area contributed by atoms with Crippen LogP contribution in [0, 0.1) is 5.92 Å². The molecule has 1 aromatic rings. The highest BCUT2D eigenvalue weighted by molar-refractivity contribution is 7.53. The largest absolute Gasteiger partial charge is 0.467 e. The Hall–Kier alpha value is -2.31. The van der Waals surface area contributed by atoms with Gasteiger partial charge in [0.25, 0.3) is 0 Å². The van der Waals surface area contributed by atoms with Gasteiger partial charge in [0.2, 0.25) is 5.91 Å². The fourth-order valence-electron chi connectivity index (χ4n) is 2.53. The summed E-state index contributed by atoms with van der Waals surface area (Å²) < 4.78 is 34.8. The molecule has 0 bridgehead atoms. The highest BCUT2D eigenvalue weighted by Crippen LogP contribution is 2.51. The molecule has 0 aromatic carbocycles. The van der Waals surface area contributed by atoms with Crippen molar-refractivity contribution in [3.05, 3.63) is 22.7 Å². The molecule has 2 heterocycles. The Morgan fingerprint density at radius 2 is 2.16 bits per heavy atom. The van der Waals surface area contributed by atoms with E-state index in [1.54, 1.807) is 13.8 Å². The third-order valence-corrected chi connectivity index (χ3v) is 6.03. The lowest BCUT2D eigenvalue weighted by Gasteiger charge is -2.30. The number of ether oxygens (including phenoxy) is 2. The van der Waals surface area contributed by atoms with Gasteiger partial charge in [-0.25, -0.2) is 9.59 Å². The number of hydrogen-bond donors (Lipinski definition) is 3. The van der Waals surface area contributed by atoms with Crippen LogP contribution in [-0.4, -0.2) is 66.3 Å². The van der Waals surface area contributed by atoms with Gasteiger partial charge in [-0.05, 0) is 12.0 Å². The summed E-state index contributed by atoms with van der Waals surface area (Å²) in [6.07, 6.45) is 0.487. The number of anilines is 1. The normalized spacial score (nSPS) is 23.2. The van der Waals surface area contributed by atoms with E-state index in [2.05, 4.69) is 15.0 Å². The molecular formula is C17H28N5O8P. The molecule has 0 saturated carbocycles. The summed E-state index contributed by atoms with van der Waals surface area (Å²) in [4.78, 5) is 39.5. The number of nitrogen functional groups attached to an aromatic ring is 1. The Morgan fingerprint density at radius 3 is 2.71 bits per heavy atom. The van der Waals surface area contributed by atoms with Crippen molar-refractivity contribution in [3.63, 3.8) is 0 Å². The second-order valence-electron chi connectivity index (χ2n) is 7.26. The van der Waals surface area contributed by atoms with Gasteiger partial charge in [0.1, 0.15) is 18.3 Å². The van der Waals surface area contributed by atoms with Crippen molar-refractivity contribution in [2.24, 2.45) is 11.7 Å². The molecule has 5 N–H and O–H groups in total. The maximum Gasteiger partial charge on any atom is 0.356 e. The van der Waals surface area contributed by atoms with E-state index in [4.69, 9.17) is 25.3 Å². The smallest absolute Gasteiger partial charge is 0.356 e. The molecule has 13 nitrogen and oxygen atoms in total. The van der Waals surface area contributed by atoms with Gasteiger partial charge in [-0.15, -0.1) is 0 Å². The standard InChI is InChI=1S/C17H28N5O8P/c1-10(2)14(19)15(23)20-12(16(24)27-3)8-30-31(26)9-28-11(7-29-31)6-22-5-4-13(18)21-17(22)25/h4-5,10-12,14H,6-9,19H2,1-3H3,(H,20,23)(H2,18,21,25)/t11-,12?,14?,31?/m1/s1. The van der Waals surface area contributed by atoms with E-state index in [0.29, 0.717) is 0 Å². The van der Waals surface area contributed by atoms with Crippen LogP contribution in [0.3, 0.4) is 0 Å². The average Bonchev–Trinajstić information content (AvgIpc) is 2.73. The summed E-state index contributed by atoms with van der Waals surface area (Å²) in [5.74, 6) is -1.42. The molecule has 174 valence electrons. The Balaban J connectivity index is 1.91. The van der Waals surface area contributed by atoms with Crippen molar-refractivity contribution >= 4 is 25.3 Å². The number of methoxy groups -OCH3 is 1. The number of carbonyl (C=O) groups is 2. The van der Waals surface area contributed by atoms with Gasteiger partial charge in [0.15, 0.2) is 6.04 Å². The van der Waals surface area contributed by atoms with E-state index in [1.807, 2.05) is 0 Å². The molecule has 31 heavy (non-hydrogen) atoms. The average molecular weight is 461 g/mol. The summed E-state index contributed by atoms with van der Waals surface area (Å²) in [6.45, 7) is 3.03. The van der Waals surface area contributed by atoms with Gasteiger partial charge < -0.3 is 35.3 Å². The second kappa shape index (κ2) is 10.8. The first kappa shape index (κ1) is 25.0. The number of nitrogens with one attached hydrogen (secondary N) is 1. The Kier molecular flexibility index (Phi) is 8.71. The predicted octanol–water partition coefficient (Wildman–Crippen LogP) is -0.951. The number of rotatable bonds is 9. The van der Waals surface area contributed by atoms with Gasteiger partial charge in [0.05, 0.1) is 32.9 Å². The minimum absolute atomic E-state index is 0.0987. The minimum Gasteiger partial charge on any atom is -0.467 e. The molecule has 1 saturated heterocycles. The lowest BCUT2D eigenvalue weighted by Crippen LogP contribution is -2.52. The van der Waals surface area contributed by atoms with Crippen LogP contribution in [0.25, 0.3) is 0 Å².